The molecule has 7 nitrogen and oxygen atoms in total. The van der Waals surface area contributed by atoms with Gasteiger partial charge in [0.1, 0.15) is 5.75 Å². The van der Waals surface area contributed by atoms with Crippen LogP contribution in [0.4, 0.5) is 5.69 Å². The lowest BCUT2D eigenvalue weighted by Crippen LogP contribution is -2.23. The van der Waals surface area contributed by atoms with Crippen LogP contribution in [0.5, 0.6) is 5.75 Å². The lowest BCUT2D eigenvalue weighted by Gasteiger charge is -2.12. The molecule has 23 heavy (non-hydrogen) atoms. The van der Waals surface area contributed by atoms with Crippen LogP contribution in [-0.2, 0) is 4.79 Å². The summed E-state index contributed by atoms with van der Waals surface area (Å²) in [5.41, 5.74) is 0.690. The van der Waals surface area contributed by atoms with Crippen molar-refractivity contribution in [2.75, 3.05) is 18.3 Å². The van der Waals surface area contributed by atoms with Crippen LogP contribution in [0.2, 0.25) is 0 Å². The molecule has 0 radical (unpaired) electrons. The van der Waals surface area contributed by atoms with Crippen LogP contribution in [-0.4, -0.2) is 33.1 Å². The molecule has 1 aromatic heterocycles. The summed E-state index contributed by atoms with van der Waals surface area (Å²) in [6.45, 7) is 1.81. The Morgan fingerprint density at radius 1 is 1.48 bits per heavy atom. The van der Waals surface area contributed by atoms with E-state index in [0.29, 0.717) is 22.5 Å². The van der Waals surface area contributed by atoms with Crippen molar-refractivity contribution >= 4 is 23.4 Å². The number of benzene rings is 1. The highest BCUT2D eigenvalue weighted by atomic mass is 32.2. The molecule has 1 aliphatic carbocycles. The minimum atomic E-state index is -0.347. The predicted molar refractivity (Wildman–Crippen MR) is 89.1 cm³/mol. The highest BCUT2D eigenvalue weighted by Gasteiger charge is 2.30. The first-order valence-corrected chi connectivity index (χ1v) is 8.28. The van der Waals surface area contributed by atoms with Gasteiger partial charge < -0.3 is 15.9 Å². The van der Waals surface area contributed by atoms with Gasteiger partial charge in [0.05, 0.1) is 12.4 Å². The summed E-state index contributed by atoms with van der Waals surface area (Å²) >= 11 is 1.29. The number of nitrogen functional groups attached to an aromatic ring is 1. The quantitative estimate of drug-likeness (QED) is 0.620. The first-order chi connectivity index (χ1) is 11.1. The highest BCUT2D eigenvalue weighted by Crippen LogP contribution is 2.39. The number of carbonyl (C=O) groups excluding carboxylic acids is 1. The Labute approximate surface area is 138 Å². The summed E-state index contributed by atoms with van der Waals surface area (Å²) in [6, 6.07) is 7.23. The van der Waals surface area contributed by atoms with Gasteiger partial charge in [-0.15, -0.1) is 10.2 Å². The smallest absolute Gasteiger partial charge is 0.237 e. The van der Waals surface area contributed by atoms with E-state index in [9.17, 15) is 4.79 Å². The van der Waals surface area contributed by atoms with Gasteiger partial charge >= 0.3 is 0 Å². The van der Waals surface area contributed by atoms with Gasteiger partial charge in [0.25, 0.3) is 0 Å². The van der Waals surface area contributed by atoms with Crippen LogP contribution in [0.3, 0.4) is 0 Å². The van der Waals surface area contributed by atoms with E-state index < -0.39 is 0 Å². The molecule has 1 fully saturated rings. The lowest BCUT2D eigenvalue weighted by atomic mass is 10.3. The summed E-state index contributed by atoms with van der Waals surface area (Å²) in [5.74, 6) is 7.79. The van der Waals surface area contributed by atoms with Crippen molar-refractivity contribution in [1.29, 1.82) is 0 Å². The zero-order chi connectivity index (χ0) is 16.4. The van der Waals surface area contributed by atoms with E-state index >= 15 is 0 Å². The van der Waals surface area contributed by atoms with Crippen molar-refractivity contribution in [3.05, 3.63) is 30.1 Å². The van der Waals surface area contributed by atoms with E-state index in [1.807, 2.05) is 25.1 Å². The maximum atomic E-state index is 12.3. The van der Waals surface area contributed by atoms with Gasteiger partial charge in [-0.05, 0) is 31.9 Å². The molecule has 1 aromatic carbocycles. The molecule has 0 spiro atoms. The molecule has 1 heterocycles. The number of hydrogen-bond donors (Lipinski definition) is 2. The third-order valence-corrected chi connectivity index (χ3v) is 4.68. The van der Waals surface area contributed by atoms with Crippen LogP contribution >= 0.6 is 11.8 Å². The first-order valence-electron chi connectivity index (χ1n) is 7.40. The summed E-state index contributed by atoms with van der Waals surface area (Å²) in [4.78, 5) is 12.3. The summed E-state index contributed by atoms with van der Waals surface area (Å²) in [6.07, 6.45) is 2.21. The largest absolute Gasteiger partial charge is 0.497 e. The number of hydrogen-bond acceptors (Lipinski definition) is 6. The van der Waals surface area contributed by atoms with Crippen molar-refractivity contribution in [3.63, 3.8) is 0 Å². The van der Waals surface area contributed by atoms with Crippen LogP contribution in [0.25, 0.3) is 0 Å². The minimum absolute atomic E-state index is 0.126. The molecule has 3 rings (SSSR count). The zero-order valence-electron chi connectivity index (χ0n) is 13.0. The number of anilines is 1. The number of ether oxygens (including phenoxy) is 1. The van der Waals surface area contributed by atoms with E-state index in [-0.39, 0.29) is 11.2 Å². The summed E-state index contributed by atoms with van der Waals surface area (Å²) in [5, 5.41) is 11.3. The molecule has 0 bridgehead atoms. The number of thioether (sulfide) groups is 1. The van der Waals surface area contributed by atoms with Gasteiger partial charge in [0, 0.05) is 17.7 Å². The Balaban J connectivity index is 1.63. The summed E-state index contributed by atoms with van der Waals surface area (Å²) in [7, 11) is 1.59. The molecular weight excluding hydrogens is 314 g/mol. The first kappa shape index (κ1) is 15.7. The monoisotopic (exact) mass is 333 g/mol. The molecule has 122 valence electrons. The van der Waals surface area contributed by atoms with Gasteiger partial charge in [0.15, 0.2) is 5.82 Å². The molecule has 2 aromatic rings. The maximum absolute atomic E-state index is 12.3. The second kappa shape index (κ2) is 6.49. The van der Waals surface area contributed by atoms with Crippen molar-refractivity contribution in [2.45, 2.75) is 36.1 Å². The SMILES string of the molecule is COc1cccc(NC(=O)[C@H](C)Sc2nnc(C3CC3)n2N)c1. The van der Waals surface area contributed by atoms with Crippen molar-refractivity contribution in [3.8, 4) is 5.75 Å². The highest BCUT2D eigenvalue weighted by molar-refractivity contribution is 8.00. The van der Waals surface area contributed by atoms with Crippen molar-refractivity contribution < 1.29 is 9.53 Å². The fourth-order valence-electron chi connectivity index (χ4n) is 2.14. The summed E-state index contributed by atoms with van der Waals surface area (Å²) < 4.78 is 6.64. The van der Waals surface area contributed by atoms with Gasteiger partial charge in [-0.2, -0.15) is 0 Å². The normalized spacial score (nSPS) is 15.2. The van der Waals surface area contributed by atoms with Crippen LogP contribution in [0, 0.1) is 0 Å². The number of rotatable bonds is 6. The van der Waals surface area contributed by atoms with E-state index in [1.54, 1.807) is 13.2 Å². The van der Waals surface area contributed by atoms with Crippen LogP contribution in [0.1, 0.15) is 31.5 Å². The van der Waals surface area contributed by atoms with Crippen molar-refractivity contribution in [2.24, 2.45) is 0 Å². The molecular formula is C15H19N5O2S. The number of nitrogens with one attached hydrogen (secondary N) is 1. The van der Waals surface area contributed by atoms with Gasteiger partial charge in [-0.3, -0.25) is 4.79 Å². The Hall–Kier alpha value is -2.22. The second-order valence-corrected chi connectivity index (χ2v) is 6.77. The van der Waals surface area contributed by atoms with Gasteiger partial charge in [-0.1, -0.05) is 17.8 Å². The Morgan fingerprint density at radius 3 is 2.96 bits per heavy atom. The molecule has 1 saturated carbocycles. The molecule has 0 unspecified atom stereocenters. The minimum Gasteiger partial charge on any atom is -0.497 e. The molecule has 1 aliphatic rings. The molecule has 8 heteroatoms. The third-order valence-electron chi connectivity index (χ3n) is 3.62. The number of nitrogens with zero attached hydrogens (tertiary/aromatic N) is 3. The predicted octanol–water partition coefficient (Wildman–Crippen LogP) is 2.00. The van der Waals surface area contributed by atoms with Crippen molar-refractivity contribution in [1.82, 2.24) is 14.9 Å². The average molecular weight is 333 g/mol. The Bertz CT molecular complexity index is 714. The molecule has 1 atom stereocenters. The number of amides is 1. The molecule has 0 saturated heterocycles. The maximum Gasteiger partial charge on any atom is 0.237 e. The topological polar surface area (TPSA) is 95.1 Å². The standard InChI is InChI=1S/C15H19N5O2S/c1-9(14(21)17-11-4-3-5-12(8-11)22-2)23-15-19-18-13(20(15)16)10-6-7-10/h3-5,8-10H,6-7,16H2,1-2H3,(H,17,21)/t9-/m0/s1. The van der Waals surface area contributed by atoms with E-state index in [2.05, 4.69) is 15.5 Å². The average Bonchev–Trinajstić information content (AvgIpc) is 3.33. The molecule has 1 amide bonds. The van der Waals surface area contributed by atoms with E-state index in [1.165, 1.54) is 16.4 Å². The lowest BCUT2D eigenvalue weighted by molar-refractivity contribution is -0.115. The number of carbonyl (C=O) groups is 1. The van der Waals surface area contributed by atoms with Crippen LogP contribution in [0.15, 0.2) is 29.4 Å². The zero-order valence-corrected chi connectivity index (χ0v) is 13.8. The fourth-order valence-corrected chi connectivity index (χ4v) is 2.92. The molecule has 0 aliphatic heterocycles. The second-order valence-electron chi connectivity index (χ2n) is 5.47. The van der Waals surface area contributed by atoms with E-state index in [4.69, 9.17) is 10.6 Å². The number of methoxy groups -OCH3 is 1. The third kappa shape index (κ3) is 3.58. The van der Waals surface area contributed by atoms with Gasteiger partial charge in [0.2, 0.25) is 11.1 Å². The Kier molecular flexibility index (Phi) is 4.42. The fraction of sp³-hybridized carbons (Fsp3) is 0.400. The Morgan fingerprint density at radius 2 is 2.26 bits per heavy atom. The van der Waals surface area contributed by atoms with E-state index in [0.717, 1.165) is 18.7 Å². The molecule has 3 N–H and O–H groups in total. The number of nitrogens with two attached hydrogens (primary N) is 1. The van der Waals surface area contributed by atoms with Crippen LogP contribution < -0.4 is 15.9 Å². The van der Waals surface area contributed by atoms with Gasteiger partial charge in [-0.25, -0.2) is 4.68 Å². The number of aromatic nitrogens is 3.